The lowest BCUT2D eigenvalue weighted by Gasteiger charge is -2.31. The van der Waals surface area contributed by atoms with Gasteiger partial charge in [0.15, 0.2) is 0 Å². The third-order valence-electron chi connectivity index (χ3n) is 4.04. The molecule has 19 heavy (non-hydrogen) atoms. The molecule has 1 aromatic rings. The van der Waals surface area contributed by atoms with E-state index < -0.39 is 0 Å². The summed E-state index contributed by atoms with van der Waals surface area (Å²) in [5.41, 5.74) is 1.69. The SMILES string of the molecule is CCNC(CC(C)C(C)(C)C)c1ccc(OC)cc1. The smallest absolute Gasteiger partial charge is 0.118 e. The monoisotopic (exact) mass is 263 g/mol. The third kappa shape index (κ3) is 4.87. The maximum Gasteiger partial charge on any atom is 0.118 e. The molecule has 1 N–H and O–H groups in total. The van der Waals surface area contributed by atoms with E-state index in [1.807, 2.05) is 12.1 Å². The Morgan fingerprint density at radius 2 is 1.74 bits per heavy atom. The average Bonchev–Trinajstić information content (AvgIpc) is 2.37. The summed E-state index contributed by atoms with van der Waals surface area (Å²) in [5, 5.41) is 3.60. The molecule has 0 spiro atoms. The number of hydrogen-bond acceptors (Lipinski definition) is 2. The van der Waals surface area contributed by atoms with Crippen molar-refractivity contribution in [3.63, 3.8) is 0 Å². The number of methoxy groups -OCH3 is 1. The Morgan fingerprint density at radius 1 is 1.16 bits per heavy atom. The van der Waals surface area contributed by atoms with E-state index in [2.05, 4.69) is 52.1 Å². The fourth-order valence-corrected chi connectivity index (χ4v) is 2.13. The lowest BCUT2D eigenvalue weighted by molar-refractivity contribution is 0.224. The standard InChI is InChI=1S/C17H29NO/c1-7-18-16(12-13(2)17(3,4)5)14-8-10-15(19-6)11-9-14/h8-11,13,16,18H,7,12H2,1-6H3. The summed E-state index contributed by atoms with van der Waals surface area (Å²) < 4.78 is 5.22. The van der Waals surface area contributed by atoms with E-state index in [0.29, 0.717) is 17.4 Å². The predicted molar refractivity (Wildman–Crippen MR) is 82.6 cm³/mol. The van der Waals surface area contributed by atoms with Crippen molar-refractivity contribution in [2.24, 2.45) is 11.3 Å². The van der Waals surface area contributed by atoms with Crippen LogP contribution >= 0.6 is 0 Å². The van der Waals surface area contributed by atoms with Gasteiger partial charge in [0.2, 0.25) is 0 Å². The largest absolute Gasteiger partial charge is 0.497 e. The van der Waals surface area contributed by atoms with E-state index in [1.54, 1.807) is 7.11 Å². The van der Waals surface area contributed by atoms with Gasteiger partial charge in [0, 0.05) is 6.04 Å². The normalized spacial score (nSPS) is 15.1. The zero-order valence-corrected chi connectivity index (χ0v) is 13.3. The molecule has 0 radical (unpaired) electrons. The number of nitrogens with one attached hydrogen (secondary N) is 1. The number of ether oxygens (including phenoxy) is 1. The first kappa shape index (κ1) is 16.0. The molecule has 1 rings (SSSR count). The Kier molecular flexibility index (Phi) is 5.86. The third-order valence-corrected chi connectivity index (χ3v) is 4.04. The van der Waals surface area contributed by atoms with Gasteiger partial charge < -0.3 is 10.1 Å². The van der Waals surface area contributed by atoms with Crippen LogP contribution in [-0.2, 0) is 0 Å². The Bertz CT molecular complexity index is 364. The van der Waals surface area contributed by atoms with Crippen molar-refractivity contribution in [3.8, 4) is 5.75 Å². The summed E-state index contributed by atoms with van der Waals surface area (Å²) in [6.07, 6.45) is 1.16. The first-order valence-corrected chi connectivity index (χ1v) is 7.25. The van der Waals surface area contributed by atoms with Crippen molar-refractivity contribution in [1.29, 1.82) is 0 Å². The molecule has 2 atom stereocenters. The summed E-state index contributed by atoms with van der Waals surface area (Å²) in [4.78, 5) is 0. The van der Waals surface area contributed by atoms with Gasteiger partial charge in [-0.05, 0) is 42.0 Å². The van der Waals surface area contributed by atoms with Gasteiger partial charge in [-0.2, -0.15) is 0 Å². The molecule has 0 aliphatic heterocycles. The lowest BCUT2D eigenvalue weighted by Crippen LogP contribution is -2.27. The van der Waals surface area contributed by atoms with Gasteiger partial charge in [0.1, 0.15) is 5.75 Å². The summed E-state index contributed by atoms with van der Waals surface area (Å²) in [6, 6.07) is 8.84. The fourth-order valence-electron chi connectivity index (χ4n) is 2.13. The van der Waals surface area contributed by atoms with Gasteiger partial charge in [-0.15, -0.1) is 0 Å². The highest BCUT2D eigenvalue weighted by Gasteiger charge is 2.24. The Labute approximate surface area is 118 Å². The van der Waals surface area contributed by atoms with Gasteiger partial charge in [-0.3, -0.25) is 0 Å². The van der Waals surface area contributed by atoms with Crippen molar-refractivity contribution in [2.75, 3.05) is 13.7 Å². The van der Waals surface area contributed by atoms with Gasteiger partial charge in [-0.25, -0.2) is 0 Å². The molecule has 0 saturated carbocycles. The van der Waals surface area contributed by atoms with Gasteiger partial charge in [-0.1, -0.05) is 46.8 Å². The van der Waals surface area contributed by atoms with Crippen molar-refractivity contribution in [3.05, 3.63) is 29.8 Å². The summed E-state index contributed by atoms with van der Waals surface area (Å²) in [7, 11) is 1.71. The second-order valence-corrected chi connectivity index (χ2v) is 6.39. The minimum Gasteiger partial charge on any atom is -0.497 e. The Morgan fingerprint density at radius 3 is 2.16 bits per heavy atom. The molecule has 0 fully saturated rings. The maximum atomic E-state index is 5.22. The van der Waals surface area contributed by atoms with Crippen molar-refractivity contribution in [2.45, 2.75) is 47.1 Å². The van der Waals surface area contributed by atoms with Crippen LogP contribution in [0.2, 0.25) is 0 Å². The van der Waals surface area contributed by atoms with E-state index in [4.69, 9.17) is 4.74 Å². The molecule has 0 amide bonds. The van der Waals surface area contributed by atoms with Gasteiger partial charge in [0.25, 0.3) is 0 Å². The molecule has 108 valence electrons. The van der Waals surface area contributed by atoms with Crippen LogP contribution in [0.5, 0.6) is 5.75 Å². The van der Waals surface area contributed by atoms with Crippen molar-refractivity contribution >= 4 is 0 Å². The molecule has 0 saturated heterocycles. The average molecular weight is 263 g/mol. The van der Waals surface area contributed by atoms with Crippen LogP contribution in [0.4, 0.5) is 0 Å². The minimum absolute atomic E-state index is 0.347. The van der Waals surface area contributed by atoms with Crippen LogP contribution in [-0.4, -0.2) is 13.7 Å². The molecule has 2 unspecified atom stereocenters. The molecule has 2 nitrogen and oxygen atoms in total. The molecule has 1 aromatic carbocycles. The minimum atomic E-state index is 0.347. The van der Waals surface area contributed by atoms with E-state index in [1.165, 1.54) is 5.56 Å². The molecule has 0 aromatic heterocycles. The second-order valence-electron chi connectivity index (χ2n) is 6.39. The van der Waals surface area contributed by atoms with E-state index in [0.717, 1.165) is 18.7 Å². The zero-order valence-electron chi connectivity index (χ0n) is 13.3. The number of rotatable bonds is 6. The lowest BCUT2D eigenvalue weighted by atomic mass is 9.77. The van der Waals surface area contributed by atoms with Crippen LogP contribution in [0.1, 0.15) is 52.6 Å². The molecule has 2 heteroatoms. The van der Waals surface area contributed by atoms with Crippen LogP contribution in [0.25, 0.3) is 0 Å². The molecule has 0 aliphatic rings. The van der Waals surface area contributed by atoms with E-state index >= 15 is 0 Å². The second kappa shape index (κ2) is 6.95. The Balaban J connectivity index is 2.81. The summed E-state index contributed by atoms with van der Waals surface area (Å²) in [6.45, 7) is 12.4. The summed E-state index contributed by atoms with van der Waals surface area (Å²) >= 11 is 0. The number of benzene rings is 1. The first-order valence-electron chi connectivity index (χ1n) is 7.25. The molecule has 0 aliphatic carbocycles. The van der Waals surface area contributed by atoms with Gasteiger partial charge >= 0.3 is 0 Å². The van der Waals surface area contributed by atoms with Crippen LogP contribution < -0.4 is 10.1 Å². The van der Waals surface area contributed by atoms with Gasteiger partial charge in [0.05, 0.1) is 7.11 Å². The highest BCUT2D eigenvalue weighted by atomic mass is 16.5. The Hall–Kier alpha value is -1.02. The highest BCUT2D eigenvalue weighted by molar-refractivity contribution is 5.29. The highest BCUT2D eigenvalue weighted by Crippen LogP contribution is 2.33. The molecular formula is C17H29NO. The molecule has 0 heterocycles. The molecule has 0 bridgehead atoms. The fraction of sp³-hybridized carbons (Fsp3) is 0.647. The predicted octanol–water partition coefficient (Wildman–Crippen LogP) is 4.42. The van der Waals surface area contributed by atoms with E-state index in [9.17, 15) is 0 Å². The summed E-state index contributed by atoms with van der Waals surface area (Å²) in [5.74, 6) is 1.58. The van der Waals surface area contributed by atoms with Crippen LogP contribution in [0, 0.1) is 11.3 Å². The zero-order chi connectivity index (χ0) is 14.5. The topological polar surface area (TPSA) is 21.3 Å². The van der Waals surface area contributed by atoms with Crippen molar-refractivity contribution < 1.29 is 4.74 Å². The van der Waals surface area contributed by atoms with Crippen LogP contribution in [0.3, 0.4) is 0 Å². The maximum absolute atomic E-state index is 5.22. The van der Waals surface area contributed by atoms with Crippen LogP contribution in [0.15, 0.2) is 24.3 Å². The van der Waals surface area contributed by atoms with E-state index in [-0.39, 0.29) is 0 Å². The van der Waals surface area contributed by atoms with Crippen molar-refractivity contribution in [1.82, 2.24) is 5.32 Å². The number of hydrogen-bond donors (Lipinski definition) is 1. The quantitative estimate of drug-likeness (QED) is 0.820. The molecular weight excluding hydrogens is 234 g/mol. The first-order chi connectivity index (χ1) is 8.88.